The predicted molar refractivity (Wildman–Crippen MR) is 83.9 cm³/mol. The molecule has 1 rings (SSSR count). The zero-order chi connectivity index (χ0) is 17.6. The average Bonchev–Trinajstić information content (AvgIpc) is 2.44. The first-order valence-electron chi connectivity index (χ1n) is 7.62. The quantitative estimate of drug-likeness (QED) is 0.718. The molecule has 3 amide bonds. The van der Waals surface area contributed by atoms with E-state index >= 15 is 0 Å². The van der Waals surface area contributed by atoms with Crippen LogP contribution in [0.1, 0.15) is 20.8 Å². The van der Waals surface area contributed by atoms with Crippen LogP contribution in [0.2, 0.25) is 0 Å². The molecule has 1 saturated heterocycles. The highest BCUT2D eigenvalue weighted by Crippen LogP contribution is 2.10. The molecule has 1 aliphatic rings. The van der Waals surface area contributed by atoms with Crippen LogP contribution in [0.3, 0.4) is 0 Å². The van der Waals surface area contributed by atoms with Gasteiger partial charge < -0.3 is 24.2 Å². The molecule has 8 nitrogen and oxygen atoms in total. The standard InChI is InChI=1S/C15H27N3O5/c1-15(2,3)23-14(21)16(4)10-12(19)18-7-6-17(8-9-22-5)13(20)11-18/h6-11H2,1-5H3. The molecule has 0 N–H and O–H groups in total. The average molecular weight is 329 g/mol. The fraction of sp³-hybridized carbons (Fsp3) is 0.800. The van der Waals surface area contributed by atoms with E-state index in [1.165, 1.54) is 16.8 Å². The van der Waals surface area contributed by atoms with Crippen LogP contribution in [0.15, 0.2) is 0 Å². The van der Waals surface area contributed by atoms with Gasteiger partial charge in [-0.2, -0.15) is 0 Å². The Hall–Kier alpha value is -1.83. The van der Waals surface area contributed by atoms with E-state index in [0.717, 1.165) is 0 Å². The van der Waals surface area contributed by atoms with Crippen LogP contribution in [-0.4, -0.2) is 91.7 Å². The Kier molecular flexibility index (Phi) is 6.80. The van der Waals surface area contributed by atoms with Gasteiger partial charge in [0.15, 0.2) is 0 Å². The second kappa shape index (κ2) is 8.14. The fourth-order valence-electron chi connectivity index (χ4n) is 2.07. The molecule has 0 aromatic carbocycles. The molecule has 1 aliphatic heterocycles. The molecule has 0 aliphatic carbocycles. The minimum absolute atomic E-state index is 0.0324. The van der Waals surface area contributed by atoms with Crippen molar-refractivity contribution >= 4 is 17.9 Å². The summed E-state index contributed by atoms with van der Waals surface area (Å²) >= 11 is 0. The van der Waals surface area contributed by atoms with Crippen LogP contribution in [0.25, 0.3) is 0 Å². The van der Waals surface area contributed by atoms with Gasteiger partial charge in [-0.15, -0.1) is 0 Å². The number of hydrogen-bond acceptors (Lipinski definition) is 5. The summed E-state index contributed by atoms with van der Waals surface area (Å²) in [7, 11) is 3.08. The normalized spacial score (nSPS) is 15.6. The lowest BCUT2D eigenvalue weighted by Gasteiger charge is -2.35. The number of nitrogens with zero attached hydrogens (tertiary/aromatic N) is 3. The summed E-state index contributed by atoms with van der Waals surface area (Å²) in [6, 6.07) is 0. The maximum absolute atomic E-state index is 12.2. The number of carbonyl (C=O) groups is 3. The van der Waals surface area contributed by atoms with Gasteiger partial charge in [-0.1, -0.05) is 0 Å². The zero-order valence-electron chi connectivity index (χ0n) is 14.6. The van der Waals surface area contributed by atoms with Crippen molar-refractivity contribution in [3.05, 3.63) is 0 Å². The van der Waals surface area contributed by atoms with Crippen LogP contribution in [-0.2, 0) is 19.1 Å². The van der Waals surface area contributed by atoms with Crippen molar-refractivity contribution in [3.8, 4) is 0 Å². The monoisotopic (exact) mass is 329 g/mol. The Morgan fingerprint density at radius 2 is 1.91 bits per heavy atom. The zero-order valence-corrected chi connectivity index (χ0v) is 14.6. The number of rotatable bonds is 5. The van der Waals surface area contributed by atoms with Crippen molar-refractivity contribution in [2.24, 2.45) is 0 Å². The Morgan fingerprint density at radius 1 is 1.26 bits per heavy atom. The lowest BCUT2D eigenvalue weighted by atomic mass is 10.2. The number of ether oxygens (including phenoxy) is 2. The maximum atomic E-state index is 12.2. The smallest absolute Gasteiger partial charge is 0.410 e. The van der Waals surface area contributed by atoms with E-state index < -0.39 is 11.7 Å². The SMILES string of the molecule is COCCN1CCN(C(=O)CN(C)C(=O)OC(C)(C)C)CC1=O. The number of hydrogen-bond donors (Lipinski definition) is 0. The van der Waals surface area contributed by atoms with Gasteiger partial charge in [0, 0.05) is 33.8 Å². The van der Waals surface area contributed by atoms with Crippen LogP contribution in [0.4, 0.5) is 4.79 Å². The van der Waals surface area contributed by atoms with E-state index in [0.29, 0.717) is 26.2 Å². The van der Waals surface area contributed by atoms with Crippen LogP contribution in [0.5, 0.6) is 0 Å². The highest BCUT2D eigenvalue weighted by atomic mass is 16.6. The Balaban J connectivity index is 2.47. The van der Waals surface area contributed by atoms with E-state index in [1.807, 2.05) is 0 Å². The molecule has 0 radical (unpaired) electrons. The first kappa shape index (κ1) is 19.2. The molecule has 8 heteroatoms. The van der Waals surface area contributed by atoms with Crippen molar-refractivity contribution in [1.29, 1.82) is 0 Å². The van der Waals surface area contributed by atoms with E-state index in [1.54, 1.807) is 32.8 Å². The molecule has 0 aromatic heterocycles. The second-order valence-corrected chi connectivity index (χ2v) is 6.53. The summed E-state index contributed by atoms with van der Waals surface area (Å²) in [4.78, 5) is 40.4. The predicted octanol–water partition coefficient (Wildman–Crippen LogP) is 0.171. The third kappa shape index (κ3) is 6.43. The van der Waals surface area contributed by atoms with Crippen molar-refractivity contribution < 1.29 is 23.9 Å². The molecule has 0 unspecified atom stereocenters. The lowest BCUT2D eigenvalue weighted by molar-refractivity contribution is -0.146. The summed E-state index contributed by atoms with van der Waals surface area (Å²) in [5.74, 6) is -0.375. The summed E-state index contributed by atoms with van der Waals surface area (Å²) in [5, 5.41) is 0. The summed E-state index contributed by atoms with van der Waals surface area (Å²) in [6.45, 7) is 7.14. The maximum Gasteiger partial charge on any atom is 0.410 e. The van der Waals surface area contributed by atoms with Crippen molar-refractivity contribution in [2.45, 2.75) is 26.4 Å². The van der Waals surface area contributed by atoms with Gasteiger partial charge in [0.1, 0.15) is 12.1 Å². The summed E-state index contributed by atoms with van der Waals surface area (Å²) in [5.41, 5.74) is -0.614. The van der Waals surface area contributed by atoms with Gasteiger partial charge in [0.05, 0.1) is 13.2 Å². The largest absolute Gasteiger partial charge is 0.444 e. The van der Waals surface area contributed by atoms with E-state index in [9.17, 15) is 14.4 Å². The molecule has 132 valence electrons. The molecule has 0 atom stereocenters. The Bertz CT molecular complexity index is 447. The first-order chi connectivity index (χ1) is 10.6. The highest BCUT2D eigenvalue weighted by Gasteiger charge is 2.28. The third-order valence-electron chi connectivity index (χ3n) is 3.31. The summed E-state index contributed by atoms with van der Waals surface area (Å²) < 4.78 is 10.2. The van der Waals surface area contributed by atoms with Gasteiger partial charge in [-0.3, -0.25) is 9.59 Å². The Labute approximate surface area is 137 Å². The highest BCUT2D eigenvalue weighted by molar-refractivity contribution is 5.88. The fourth-order valence-corrected chi connectivity index (χ4v) is 2.07. The minimum atomic E-state index is -0.614. The van der Waals surface area contributed by atoms with Crippen molar-refractivity contribution in [1.82, 2.24) is 14.7 Å². The van der Waals surface area contributed by atoms with Crippen molar-refractivity contribution in [2.75, 3.05) is 53.5 Å². The van der Waals surface area contributed by atoms with Crippen LogP contribution < -0.4 is 0 Å². The van der Waals surface area contributed by atoms with Crippen LogP contribution >= 0.6 is 0 Å². The van der Waals surface area contributed by atoms with E-state index in [4.69, 9.17) is 9.47 Å². The van der Waals surface area contributed by atoms with Crippen LogP contribution in [0, 0.1) is 0 Å². The number of carbonyl (C=O) groups excluding carboxylic acids is 3. The van der Waals surface area contributed by atoms with Gasteiger partial charge in [0.25, 0.3) is 0 Å². The molecule has 0 spiro atoms. The number of methoxy groups -OCH3 is 1. The molecule has 1 heterocycles. The molecular weight excluding hydrogens is 302 g/mol. The molecule has 23 heavy (non-hydrogen) atoms. The minimum Gasteiger partial charge on any atom is -0.444 e. The van der Waals surface area contributed by atoms with Gasteiger partial charge in [-0.25, -0.2) is 4.79 Å². The third-order valence-corrected chi connectivity index (χ3v) is 3.31. The number of piperazine rings is 1. The first-order valence-corrected chi connectivity index (χ1v) is 7.62. The molecular formula is C15H27N3O5. The second-order valence-electron chi connectivity index (χ2n) is 6.53. The molecule has 1 fully saturated rings. The van der Waals surface area contributed by atoms with Crippen molar-refractivity contribution in [3.63, 3.8) is 0 Å². The van der Waals surface area contributed by atoms with Gasteiger partial charge >= 0.3 is 6.09 Å². The lowest BCUT2D eigenvalue weighted by Crippen LogP contribution is -2.54. The number of amides is 3. The molecule has 0 bridgehead atoms. The summed E-state index contributed by atoms with van der Waals surface area (Å²) in [6.07, 6.45) is -0.559. The van der Waals surface area contributed by atoms with Gasteiger partial charge in [0.2, 0.25) is 11.8 Å². The molecule has 0 aromatic rings. The topological polar surface area (TPSA) is 79.4 Å². The Morgan fingerprint density at radius 3 is 2.43 bits per heavy atom. The van der Waals surface area contributed by atoms with E-state index in [-0.39, 0.29) is 24.9 Å². The van der Waals surface area contributed by atoms with E-state index in [2.05, 4.69) is 0 Å². The number of likely N-dealkylation sites (N-methyl/N-ethyl adjacent to an activating group) is 1. The molecule has 0 saturated carbocycles. The van der Waals surface area contributed by atoms with Gasteiger partial charge in [-0.05, 0) is 20.8 Å².